The highest BCUT2D eigenvalue weighted by molar-refractivity contribution is 7.12. The van der Waals surface area contributed by atoms with Gasteiger partial charge in [0.05, 0.1) is 15.9 Å². The van der Waals surface area contributed by atoms with Crippen molar-refractivity contribution in [2.75, 3.05) is 20.1 Å². The smallest absolute Gasteiger partial charge is 0.263 e. The van der Waals surface area contributed by atoms with Crippen LogP contribution >= 0.6 is 11.3 Å². The molecule has 5 rings (SSSR count). The van der Waals surface area contributed by atoms with Crippen molar-refractivity contribution >= 4 is 34.2 Å². The number of benzene rings is 2. The highest BCUT2D eigenvalue weighted by Gasteiger charge is 2.33. The number of thiophene rings is 1. The summed E-state index contributed by atoms with van der Waals surface area (Å²) in [7, 11) is 1.92. The van der Waals surface area contributed by atoms with E-state index in [1.54, 1.807) is 12.4 Å². The first-order valence-electron chi connectivity index (χ1n) is 11.9. The predicted molar refractivity (Wildman–Crippen MR) is 139 cm³/mol. The molecular formula is C28H28N4O2S. The quantitative estimate of drug-likeness (QED) is 0.389. The number of likely N-dealkylation sites (tertiary alicyclic amines) is 1. The molecular weight excluding hydrogens is 456 g/mol. The first-order chi connectivity index (χ1) is 17.1. The number of aromatic nitrogens is 2. The van der Waals surface area contributed by atoms with E-state index < -0.39 is 0 Å². The molecule has 178 valence electrons. The summed E-state index contributed by atoms with van der Waals surface area (Å²) in [5.41, 5.74) is 3.37. The van der Waals surface area contributed by atoms with Crippen LogP contribution in [0.2, 0.25) is 0 Å². The first kappa shape index (κ1) is 23.2. The van der Waals surface area contributed by atoms with E-state index in [-0.39, 0.29) is 17.9 Å². The monoisotopic (exact) mass is 484 g/mol. The minimum absolute atomic E-state index is 0.0265. The van der Waals surface area contributed by atoms with Crippen LogP contribution in [0.1, 0.15) is 38.4 Å². The predicted octanol–water partition coefficient (Wildman–Crippen LogP) is 4.93. The van der Waals surface area contributed by atoms with Crippen molar-refractivity contribution in [3.05, 3.63) is 94.4 Å². The van der Waals surface area contributed by atoms with Gasteiger partial charge in [0.1, 0.15) is 0 Å². The molecule has 0 aliphatic carbocycles. The lowest BCUT2D eigenvalue weighted by Crippen LogP contribution is -2.48. The van der Waals surface area contributed by atoms with E-state index in [0.29, 0.717) is 24.6 Å². The summed E-state index contributed by atoms with van der Waals surface area (Å²) in [6.07, 6.45) is 5.82. The van der Waals surface area contributed by atoms with Gasteiger partial charge in [-0.1, -0.05) is 36.4 Å². The summed E-state index contributed by atoms with van der Waals surface area (Å²) in [5.74, 6) is 0.408. The van der Waals surface area contributed by atoms with Crippen LogP contribution in [0.4, 0.5) is 0 Å². The topological polar surface area (TPSA) is 66.4 Å². The van der Waals surface area contributed by atoms with Gasteiger partial charge in [-0.2, -0.15) is 0 Å². The second kappa shape index (κ2) is 10.4. The Labute approximate surface area is 209 Å². The molecule has 0 spiro atoms. The first-order valence-corrected chi connectivity index (χ1v) is 12.8. The SMILES string of the molecule is CN(C(=O)c1cccs1)C(Cc1ccccc1)C1CCN(C(=O)c2ccc3nccnc3c2)CC1. The molecule has 2 amide bonds. The Balaban J connectivity index is 1.30. The molecule has 1 atom stereocenters. The van der Waals surface area contributed by atoms with Gasteiger partial charge in [-0.15, -0.1) is 11.3 Å². The summed E-state index contributed by atoms with van der Waals surface area (Å²) in [6, 6.07) is 19.7. The maximum absolute atomic E-state index is 13.2. The second-order valence-corrected chi connectivity index (χ2v) is 9.99. The maximum atomic E-state index is 13.2. The third-order valence-electron chi connectivity index (χ3n) is 6.92. The molecule has 2 aromatic carbocycles. The van der Waals surface area contributed by atoms with Crippen LogP contribution < -0.4 is 0 Å². The molecule has 0 N–H and O–H groups in total. The number of hydrogen-bond acceptors (Lipinski definition) is 5. The minimum atomic E-state index is 0.0265. The molecule has 2 aromatic heterocycles. The molecule has 0 radical (unpaired) electrons. The van der Waals surface area contributed by atoms with Gasteiger partial charge >= 0.3 is 0 Å². The zero-order valence-electron chi connectivity index (χ0n) is 19.7. The van der Waals surface area contributed by atoms with E-state index in [1.165, 1.54) is 16.9 Å². The van der Waals surface area contributed by atoms with E-state index in [9.17, 15) is 9.59 Å². The van der Waals surface area contributed by atoms with Crippen molar-refractivity contribution in [1.82, 2.24) is 19.8 Å². The Bertz CT molecular complexity index is 1300. The standard InChI is InChI=1S/C28H28N4O2S/c1-31(28(34)26-8-5-17-35-26)25(18-20-6-3-2-4-7-20)21-11-15-32(16-12-21)27(33)22-9-10-23-24(19-22)30-14-13-29-23/h2-10,13-14,17,19,21,25H,11-12,15-16,18H2,1H3. The second-order valence-electron chi connectivity index (χ2n) is 9.04. The number of nitrogens with zero attached hydrogens (tertiary/aromatic N) is 4. The molecule has 1 fully saturated rings. The molecule has 7 heteroatoms. The Morgan fingerprint density at radius 2 is 1.74 bits per heavy atom. The van der Waals surface area contributed by atoms with Gasteiger partial charge in [0.15, 0.2) is 0 Å². The van der Waals surface area contributed by atoms with Crippen molar-refractivity contribution in [1.29, 1.82) is 0 Å². The fourth-order valence-corrected chi connectivity index (χ4v) is 5.67. The summed E-state index contributed by atoms with van der Waals surface area (Å²) in [6.45, 7) is 1.35. The number of amides is 2. The number of carbonyl (C=O) groups is 2. The largest absolute Gasteiger partial charge is 0.339 e. The highest BCUT2D eigenvalue weighted by atomic mass is 32.1. The number of piperidine rings is 1. The molecule has 4 aromatic rings. The molecule has 35 heavy (non-hydrogen) atoms. The van der Waals surface area contributed by atoms with Crippen molar-refractivity contribution in [2.24, 2.45) is 5.92 Å². The van der Waals surface area contributed by atoms with Gasteiger partial charge in [-0.3, -0.25) is 19.6 Å². The van der Waals surface area contributed by atoms with Gasteiger partial charge in [-0.25, -0.2) is 0 Å². The number of rotatable bonds is 6. The molecule has 1 aliphatic rings. The maximum Gasteiger partial charge on any atom is 0.263 e. The van der Waals surface area contributed by atoms with Crippen LogP contribution in [0, 0.1) is 5.92 Å². The fraction of sp³-hybridized carbons (Fsp3) is 0.286. The lowest BCUT2D eigenvalue weighted by Gasteiger charge is -2.40. The zero-order valence-corrected chi connectivity index (χ0v) is 20.5. The summed E-state index contributed by atoms with van der Waals surface area (Å²) < 4.78 is 0. The Kier molecular flexibility index (Phi) is 6.86. The lowest BCUT2D eigenvalue weighted by atomic mass is 9.84. The summed E-state index contributed by atoms with van der Waals surface area (Å²) >= 11 is 1.48. The average molecular weight is 485 g/mol. The van der Waals surface area contributed by atoms with Gasteiger partial charge in [0, 0.05) is 44.1 Å². The number of carbonyl (C=O) groups excluding carboxylic acids is 2. The normalized spacial score (nSPS) is 15.2. The Morgan fingerprint density at radius 1 is 1.00 bits per heavy atom. The van der Waals surface area contributed by atoms with Crippen molar-refractivity contribution in [3.63, 3.8) is 0 Å². The van der Waals surface area contributed by atoms with Gasteiger partial charge in [-0.05, 0) is 60.4 Å². The molecule has 1 unspecified atom stereocenters. The van der Waals surface area contributed by atoms with Crippen LogP contribution in [0.15, 0.2) is 78.4 Å². The van der Waals surface area contributed by atoms with Gasteiger partial charge in [0.2, 0.25) is 0 Å². The lowest BCUT2D eigenvalue weighted by molar-refractivity contribution is 0.0525. The summed E-state index contributed by atoms with van der Waals surface area (Å²) in [4.78, 5) is 39.7. The van der Waals surface area contributed by atoms with Crippen LogP contribution in [-0.4, -0.2) is 57.8 Å². The van der Waals surface area contributed by atoms with Crippen LogP contribution in [-0.2, 0) is 6.42 Å². The molecule has 0 bridgehead atoms. The fourth-order valence-electron chi connectivity index (χ4n) is 4.97. The number of fused-ring (bicyclic) bond motifs is 1. The van der Waals surface area contributed by atoms with Crippen molar-refractivity contribution in [2.45, 2.75) is 25.3 Å². The Morgan fingerprint density at radius 3 is 2.46 bits per heavy atom. The van der Waals surface area contributed by atoms with Gasteiger partial charge in [0.25, 0.3) is 11.8 Å². The average Bonchev–Trinajstić information content (AvgIpc) is 3.46. The van der Waals surface area contributed by atoms with E-state index in [4.69, 9.17) is 0 Å². The van der Waals surface area contributed by atoms with Gasteiger partial charge < -0.3 is 9.80 Å². The molecule has 0 saturated carbocycles. The highest BCUT2D eigenvalue weighted by Crippen LogP contribution is 2.29. The summed E-state index contributed by atoms with van der Waals surface area (Å²) in [5, 5.41) is 1.94. The minimum Gasteiger partial charge on any atom is -0.339 e. The molecule has 1 aliphatic heterocycles. The van der Waals surface area contributed by atoms with Crippen LogP contribution in [0.3, 0.4) is 0 Å². The molecule has 1 saturated heterocycles. The van der Waals surface area contributed by atoms with E-state index >= 15 is 0 Å². The third-order valence-corrected chi connectivity index (χ3v) is 7.78. The third kappa shape index (κ3) is 5.10. The van der Waals surface area contributed by atoms with E-state index in [2.05, 4.69) is 22.1 Å². The van der Waals surface area contributed by atoms with Crippen LogP contribution in [0.5, 0.6) is 0 Å². The Hall–Kier alpha value is -3.58. The van der Waals surface area contributed by atoms with E-state index in [1.807, 2.05) is 70.8 Å². The zero-order chi connectivity index (χ0) is 24.2. The van der Waals surface area contributed by atoms with Crippen LogP contribution in [0.25, 0.3) is 11.0 Å². The van der Waals surface area contributed by atoms with Crippen molar-refractivity contribution < 1.29 is 9.59 Å². The number of hydrogen-bond donors (Lipinski definition) is 0. The van der Waals surface area contributed by atoms with Crippen molar-refractivity contribution in [3.8, 4) is 0 Å². The molecule has 6 nitrogen and oxygen atoms in total. The molecule has 3 heterocycles. The van der Waals surface area contributed by atoms with E-state index in [0.717, 1.165) is 35.2 Å². The number of likely N-dealkylation sites (N-methyl/N-ethyl adjacent to an activating group) is 1.